The SMILES string of the molecule is Cn1cc(C(N)C(=O)N2CCCC2c2cccs2)cn1. The van der Waals surface area contributed by atoms with Crippen molar-refractivity contribution in [3.05, 3.63) is 40.3 Å². The number of aryl methyl sites for hydroxylation is 1. The molecule has 1 saturated heterocycles. The van der Waals surface area contributed by atoms with Crippen LogP contribution < -0.4 is 5.73 Å². The maximum absolute atomic E-state index is 12.6. The zero-order valence-electron chi connectivity index (χ0n) is 11.4. The third-order valence-electron chi connectivity index (χ3n) is 3.76. The normalized spacial score (nSPS) is 20.3. The highest BCUT2D eigenvalue weighted by Crippen LogP contribution is 2.35. The summed E-state index contributed by atoms with van der Waals surface area (Å²) >= 11 is 1.70. The van der Waals surface area contributed by atoms with Crippen LogP contribution in [0.4, 0.5) is 0 Å². The molecule has 0 saturated carbocycles. The number of nitrogens with zero attached hydrogens (tertiary/aromatic N) is 3. The summed E-state index contributed by atoms with van der Waals surface area (Å²) in [4.78, 5) is 15.8. The fraction of sp³-hybridized carbons (Fsp3) is 0.429. The van der Waals surface area contributed by atoms with Gasteiger partial charge in [-0.3, -0.25) is 9.48 Å². The van der Waals surface area contributed by atoms with Crippen molar-refractivity contribution in [1.29, 1.82) is 0 Å². The average molecular weight is 290 g/mol. The summed E-state index contributed by atoms with van der Waals surface area (Å²) in [6.07, 6.45) is 5.53. The largest absolute Gasteiger partial charge is 0.333 e. The number of hydrogen-bond donors (Lipinski definition) is 1. The van der Waals surface area contributed by atoms with Gasteiger partial charge in [-0.15, -0.1) is 11.3 Å². The molecule has 1 fully saturated rings. The van der Waals surface area contributed by atoms with Crippen LogP contribution in [0, 0.1) is 0 Å². The zero-order chi connectivity index (χ0) is 14.1. The van der Waals surface area contributed by atoms with E-state index in [1.54, 1.807) is 28.4 Å². The summed E-state index contributed by atoms with van der Waals surface area (Å²) in [5.41, 5.74) is 6.88. The molecule has 0 spiro atoms. The van der Waals surface area contributed by atoms with E-state index in [1.165, 1.54) is 4.88 Å². The van der Waals surface area contributed by atoms with E-state index in [2.05, 4.69) is 16.5 Å². The Kier molecular flexibility index (Phi) is 3.58. The molecule has 6 heteroatoms. The van der Waals surface area contributed by atoms with E-state index in [0.29, 0.717) is 0 Å². The highest BCUT2D eigenvalue weighted by atomic mass is 32.1. The molecule has 1 amide bonds. The van der Waals surface area contributed by atoms with Crippen LogP contribution in [0.2, 0.25) is 0 Å². The van der Waals surface area contributed by atoms with Crippen molar-refractivity contribution in [3.63, 3.8) is 0 Å². The molecule has 2 atom stereocenters. The molecule has 2 unspecified atom stereocenters. The van der Waals surface area contributed by atoms with Crippen LogP contribution in [0.15, 0.2) is 29.9 Å². The fourth-order valence-electron chi connectivity index (χ4n) is 2.73. The van der Waals surface area contributed by atoms with Crippen LogP contribution in [0.1, 0.15) is 35.4 Å². The first-order valence-electron chi connectivity index (χ1n) is 6.75. The summed E-state index contributed by atoms with van der Waals surface area (Å²) in [7, 11) is 1.82. The molecule has 20 heavy (non-hydrogen) atoms. The maximum atomic E-state index is 12.6. The minimum Gasteiger partial charge on any atom is -0.333 e. The lowest BCUT2D eigenvalue weighted by Gasteiger charge is -2.26. The summed E-state index contributed by atoms with van der Waals surface area (Å²) in [5, 5.41) is 6.14. The zero-order valence-corrected chi connectivity index (χ0v) is 12.2. The van der Waals surface area contributed by atoms with Crippen LogP contribution in [-0.4, -0.2) is 27.1 Å². The van der Waals surface area contributed by atoms with E-state index < -0.39 is 6.04 Å². The maximum Gasteiger partial charge on any atom is 0.244 e. The summed E-state index contributed by atoms with van der Waals surface area (Å²) in [6.45, 7) is 0.787. The van der Waals surface area contributed by atoms with Gasteiger partial charge in [0.25, 0.3) is 0 Å². The number of thiophene rings is 1. The molecule has 0 aromatic carbocycles. The quantitative estimate of drug-likeness (QED) is 0.938. The molecule has 0 aliphatic carbocycles. The van der Waals surface area contributed by atoms with E-state index in [-0.39, 0.29) is 11.9 Å². The molecule has 3 heterocycles. The van der Waals surface area contributed by atoms with Crippen LogP contribution in [0.3, 0.4) is 0 Å². The van der Waals surface area contributed by atoms with Crippen molar-refractivity contribution in [3.8, 4) is 0 Å². The summed E-state index contributed by atoms with van der Waals surface area (Å²) in [6, 6.07) is 3.69. The summed E-state index contributed by atoms with van der Waals surface area (Å²) in [5.74, 6) is -0.00565. The number of nitrogens with two attached hydrogens (primary N) is 1. The van der Waals surface area contributed by atoms with Gasteiger partial charge in [0.1, 0.15) is 6.04 Å². The Morgan fingerprint density at radius 1 is 1.60 bits per heavy atom. The van der Waals surface area contributed by atoms with Crippen molar-refractivity contribution in [2.45, 2.75) is 24.9 Å². The highest BCUT2D eigenvalue weighted by molar-refractivity contribution is 7.10. The minimum absolute atomic E-state index is 0.00565. The molecule has 0 radical (unpaired) electrons. The first kappa shape index (κ1) is 13.3. The van der Waals surface area contributed by atoms with Gasteiger partial charge >= 0.3 is 0 Å². The Morgan fingerprint density at radius 2 is 2.45 bits per heavy atom. The molecular formula is C14H18N4OS. The molecule has 2 aromatic heterocycles. The van der Waals surface area contributed by atoms with Gasteiger partial charge in [-0.25, -0.2) is 0 Å². The second-order valence-electron chi connectivity index (χ2n) is 5.13. The van der Waals surface area contributed by atoms with Gasteiger partial charge in [-0.1, -0.05) is 6.07 Å². The third-order valence-corrected chi connectivity index (χ3v) is 4.73. The molecule has 2 aromatic rings. The Morgan fingerprint density at radius 3 is 3.10 bits per heavy atom. The van der Waals surface area contributed by atoms with Crippen molar-refractivity contribution < 1.29 is 4.79 Å². The Balaban J connectivity index is 1.79. The van der Waals surface area contributed by atoms with Gasteiger partial charge in [0.15, 0.2) is 0 Å². The Labute approximate surface area is 122 Å². The van der Waals surface area contributed by atoms with Crippen LogP contribution in [0.5, 0.6) is 0 Å². The first-order chi connectivity index (χ1) is 9.66. The molecule has 1 aliphatic rings. The number of aromatic nitrogens is 2. The molecule has 5 nitrogen and oxygen atoms in total. The molecule has 0 bridgehead atoms. The number of amides is 1. The lowest BCUT2D eigenvalue weighted by molar-refractivity contribution is -0.133. The average Bonchev–Trinajstić information content (AvgIpc) is 3.16. The topological polar surface area (TPSA) is 64.2 Å². The van der Waals surface area contributed by atoms with Gasteiger partial charge in [0.05, 0.1) is 12.2 Å². The predicted molar refractivity (Wildman–Crippen MR) is 78.1 cm³/mol. The van der Waals surface area contributed by atoms with Gasteiger partial charge in [-0.2, -0.15) is 5.10 Å². The number of carbonyl (C=O) groups is 1. The van der Waals surface area contributed by atoms with E-state index >= 15 is 0 Å². The smallest absolute Gasteiger partial charge is 0.244 e. The summed E-state index contributed by atoms with van der Waals surface area (Å²) < 4.78 is 1.67. The molecule has 1 aliphatic heterocycles. The van der Waals surface area contributed by atoms with Gasteiger partial charge in [-0.05, 0) is 24.3 Å². The monoisotopic (exact) mass is 290 g/mol. The third kappa shape index (κ3) is 2.36. The first-order valence-corrected chi connectivity index (χ1v) is 7.63. The number of carbonyl (C=O) groups excluding carboxylic acids is 1. The van der Waals surface area contributed by atoms with E-state index in [9.17, 15) is 4.79 Å². The fourth-order valence-corrected chi connectivity index (χ4v) is 3.60. The van der Waals surface area contributed by atoms with E-state index in [4.69, 9.17) is 5.73 Å². The van der Waals surface area contributed by atoms with Crippen LogP contribution in [0.25, 0.3) is 0 Å². The van der Waals surface area contributed by atoms with Crippen molar-refractivity contribution >= 4 is 17.2 Å². The Hall–Kier alpha value is -1.66. The van der Waals surface area contributed by atoms with Gasteiger partial charge in [0.2, 0.25) is 5.91 Å². The van der Waals surface area contributed by atoms with Crippen LogP contribution >= 0.6 is 11.3 Å². The second-order valence-corrected chi connectivity index (χ2v) is 6.11. The second kappa shape index (κ2) is 5.38. The van der Waals surface area contributed by atoms with Crippen molar-refractivity contribution in [2.75, 3.05) is 6.54 Å². The lowest BCUT2D eigenvalue weighted by atomic mass is 10.1. The molecule has 106 valence electrons. The molecule has 2 N–H and O–H groups in total. The van der Waals surface area contributed by atoms with Gasteiger partial charge < -0.3 is 10.6 Å². The molecule has 3 rings (SSSR count). The van der Waals surface area contributed by atoms with Gasteiger partial charge in [0, 0.05) is 30.2 Å². The van der Waals surface area contributed by atoms with Crippen LogP contribution in [-0.2, 0) is 11.8 Å². The number of likely N-dealkylation sites (tertiary alicyclic amines) is 1. The number of rotatable bonds is 3. The predicted octanol–water partition coefficient (Wildman–Crippen LogP) is 1.85. The van der Waals surface area contributed by atoms with E-state index in [1.807, 2.05) is 18.0 Å². The lowest BCUT2D eigenvalue weighted by Crippen LogP contribution is -2.37. The number of hydrogen-bond acceptors (Lipinski definition) is 4. The Bertz CT molecular complexity index is 592. The standard InChI is InChI=1S/C14H18N4OS/c1-17-9-10(8-16-17)13(15)14(19)18-6-2-4-11(18)12-5-3-7-20-12/h3,5,7-9,11,13H,2,4,6,15H2,1H3. The van der Waals surface area contributed by atoms with E-state index in [0.717, 1.165) is 24.9 Å². The minimum atomic E-state index is -0.621. The highest BCUT2D eigenvalue weighted by Gasteiger charge is 2.33. The molecular weight excluding hydrogens is 272 g/mol. The van der Waals surface area contributed by atoms with Crippen molar-refractivity contribution in [2.24, 2.45) is 12.8 Å². The van der Waals surface area contributed by atoms with Crippen molar-refractivity contribution in [1.82, 2.24) is 14.7 Å².